The highest BCUT2D eigenvalue weighted by molar-refractivity contribution is 5.39. The fourth-order valence-corrected chi connectivity index (χ4v) is 1.54. The van der Waals surface area contributed by atoms with Gasteiger partial charge in [0.1, 0.15) is 5.82 Å². The number of fused-ring (bicyclic) bond motifs is 1. The van der Waals surface area contributed by atoms with Gasteiger partial charge in [0.25, 0.3) is 0 Å². The van der Waals surface area contributed by atoms with Crippen molar-refractivity contribution >= 4 is 5.65 Å². The van der Waals surface area contributed by atoms with Crippen LogP contribution in [0.5, 0.6) is 0 Å². The summed E-state index contributed by atoms with van der Waals surface area (Å²) in [6.45, 7) is 6.34. The second-order valence-corrected chi connectivity index (χ2v) is 3.73. The van der Waals surface area contributed by atoms with Gasteiger partial charge in [0.05, 0.1) is 0 Å². The minimum Gasteiger partial charge on any atom is -0.221 e. The van der Waals surface area contributed by atoms with Gasteiger partial charge < -0.3 is 0 Å². The number of aryl methyl sites for hydroxylation is 1. The Balaban J connectivity index is 2.50. The second kappa shape index (κ2) is 3.40. The number of pyridine rings is 1. The Bertz CT molecular complexity index is 445. The highest BCUT2D eigenvalue weighted by Crippen LogP contribution is 2.18. The van der Waals surface area contributed by atoms with Crippen LogP contribution in [0.25, 0.3) is 5.65 Å². The maximum Gasteiger partial charge on any atom is 0.155 e. The zero-order chi connectivity index (χ0) is 10.1. The van der Waals surface area contributed by atoms with Crippen LogP contribution >= 0.6 is 0 Å². The molecular weight excluding hydrogens is 174 g/mol. The summed E-state index contributed by atoms with van der Waals surface area (Å²) in [4.78, 5) is 4.29. The van der Waals surface area contributed by atoms with Gasteiger partial charge in [-0.05, 0) is 30.9 Å². The summed E-state index contributed by atoms with van der Waals surface area (Å²) in [6, 6.07) is 4.17. The van der Waals surface area contributed by atoms with Crippen molar-refractivity contribution in [2.75, 3.05) is 0 Å². The van der Waals surface area contributed by atoms with Crippen LogP contribution in [0.4, 0.5) is 0 Å². The van der Waals surface area contributed by atoms with E-state index in [9.17, 15) is 0 Å². The van der Waals surface area contributed by atoms with E-state index in [0.717, 1.165) is 17.9 Å². The Hall–Kier alpha value is -1.38. The summed E-state index contributed by atoms with van der Waals surface area (Å²) >= 11 is 0. The monoisotopic (exact) mass is 189 g/mol. The molecule has 0 N–H and O–H groups in total. The maximum absolute atomic E-state index is 4.30. The van der Waals surface area contributed by atoms with Crippen LogP contribution in [0.3, 0.4) is 0 Å². The molecule has 0 aliphatic heterocycles. The third kappa shape index (κ3) is 1.50. The zero-order valence-electron chi connectivity index (χ0n) is 8.86. The molecule has 0 radical (unpaired) electrons. The Morgan fingerprint density at radius 1 is 1.43 bits per heavy atom. The van der Waals surface area contributed by atoms with Crippen molar-refractivity contribution in [3.8, 4) is 0 Å². The second-order valence-electron chi connectivity index (χ2n) is 3.73. The van der Waals surface area contributed by atoms with Crippen LogP contribution in [-0.4, -0.2) is 14.6 Å². The molecule has 3 nitrogen and oxygen atoms in total. The summed E-state index contributed by atoms with van der Waals surface area (Å²) in [6.07, 6.45) is 3.22. The highest BCUT2D eigenvalue weighted by Gasteiger charge is 2.05. The first kappa shape index (κ1) is 9.19. The molecule has 0 amide bonds. The van der Waals surface area contributed by atoms with Crippen LogP contribution in [-0.2, 0) is 0 Å². The lowest BCUT2D eigenvalue weighted by Crippen LogP contribution is -1.95. The smallest absolute Gasteiger partial charge is 0.155 e. The molecule has 3 heteroatoms. The summed E-state index contributed by atoms with van der Waals surface area (Å²) in [5.41, 5.74) is 2.25. The van der Waals surface area contributed by atoms with Crippen LogP contribution in [0.1, 0.15) is 37.6 Å². The minimum atomic E-state index is 0.587. The predicted octanol–water partition coefficient (Wildman–Crippen LogP) is 2.55. The molecule has 2 rings (SSSR count). The predicted molar refractivity (Wildman–Crippen MR) is 56.4 cm³/mol. The average Bonchev–Trinajstić information content (AvgIpc) is 2.55. The van der Waals surface area contributed by atoms with E-state index in [0.29, 0.717) is 5.92 Å². The molecule has 74 valence electrons. The Morgan fingerprint density at radius 3 is 2.93 bits per heavy atom. The zero-order valence-corrected chi connectivity index (χ0v) is 8.86. The van der Waals surface area contributed by atoms with E-state index in [-0.39, 0.29) is 0 Å². The van der Waals surface area contributed by atoms with Crippen molar-refractivity contribution in [3.63, 3.8) is 0 Å². The molecule has 0 aliphatic rings. The van der Waals surface area contributed by atoms with Gasteiger partial charge in [0.2, 0.25) is 0 Å². The summed E-state index contributed by atoms with van der Waals surface area (Å²) in [7, 11) is 0. The molecule has 1 atom stereocenters. The fraction of sp³-hybridized carbons (Fsp3) is 0.455. The first-order valence-corrected chi connectivity index (χ1v) is 5.03. The van der Waals surface area contributed by atoms with Crippen LogP contribution < -0.4 is 0 Å². The molecule has 0 aromatic carbocycles. The molecule has 0 spiro atoms. The topological polar surface area (TPSA) is 30.2 Å². The minimum absolute atomic E-state index is 0.587. The third-order valence-corrected chi connectivity index (χ3v) is 2.64. The molecule has 2 aromatic rings. The van der Waals surface area contributed by atoms with Gasteiger partial charge in [0, 0.05) is 6.20 Å². The quantitative estimate of drug-likeness (QED) is 0.726. The van der Waals surface area contributed by atoms with Crippen LogP contribution in [0.15, 0.2) is 18.3 Å². The van der Waals surface area contributed by atoms with Crippen LogP contribution in [0, 0.1) is 6.92 Å². The average molecular weight is 189 g/mol. The van der Waals surface area contributed by atoms with Crippen molar-refractivity contribution in [3.05, 3.63) is 29.7 Å². The third-order valence-electron chi connectivity index (χ3n) is 2.64. The van der Waals surface area contributed by atoms with E-state index in [1.807, 2.05) is 17.5 Å². The van der Waals surface area contributed by atoms with E-state index in [2.05, 4.69) is 36.2 Å². The van der Waals surface area contributed by atoms with Gasteiger partial charge in [-0.1, -0.05) is 19.9 Å². The molecule has 2 heterocycles. The van der Waals surface area contributed by atoms with Gasteiger partial charge >= 0.3 is 0 Å². The fourth-order valence-electron chi connectivity index (χ4n) is 1.54. The lowest BCUT2D eigenvalue weighted by Gasteiger charge is -2.07. The number of nitrogens with zero attached hydrogens (tertiary/aromatic N) is 3. The lowest BCUT2D eigenvalue weighted by molar-refractivity contribution is 0.723. The number of rotatable bonds is 2. The van der Waals surface area contributed by atoms with Gasteiger partial charge in [-0.2, -0.15) is 5.10 Å². The van der Waals surface area contributed by atoms with Crippen molar-refractivity contribution in [2.24, 2.45) is 0 Å². The number of hydrogen-bond acceptors (Lipinski definition) is 2. The van der Waals surface area contributed by atoms with Crippen molar-refractivity contribution in [1.82, 2.24) is 14.6 Å². The van der Waals surface area contributed by atoms with Crippen molar-refractivity contribution < 1.29 is 0 Å². The van der Waals surface area contributed by atoms with E-state index in [1.54, 1.807) is 0 Å². The molecule has 0 saturated carbocycles. The Labute approximate surface area is 83.8 Å². The van der Waals surface area contributed by atoms with Gasteiger partial charge in [0.15, 0.2) is 5.65 Å². The van der Waals surface area contributed by atoms with Crippen molar-refractivity contribution in [2.45, 2.75) is 33.1 Å². The van der Waals surface area contributed by atoms with Gasteiger partial charge in [-0.3, -0.25) is 0 Å². The number of aromatic nitrogens is 3. The highest BCUT2D eigenvalue weighted by atomic mass is 15.3. The molecule has 1 unspecified atom stereocenters. The Kier molecular flexibility index (Phi) is 2.23. The molecular formula is C11H15N3. The Morgan fingerprint density at radius 2 is 2.21 bits per heavy atom. The maximum atomic E-state index is 4.30. The van der Waals surface area contributed by atoms with E-state index in [4.69, 9.17) is 0 Å². The summed E-state index contributed by atoms with van der Waals surface area (Å²) in [5.74, 6) is 1.41. The summed E-state index contributed by atoms with van der Waals surface area (Å²) < 4.78 is 1.86. The van der Waals surface area contributed by atoms with Gasteiger partial charge in [-0.15, -0.1) is 0 Å². The van der Waals surface area contributed by atoms with E-state index >= 15 is 0 Å². The molecule has 2 aromatic heterocycles. The summed E-state index contributed by atoms with van der Waals surface area (Å²) in [5, 5.41) is 4.30. The first-order chi connectivity index (χ1) is 6.70. The lowest BCUT2D eigenvalue weighted by atomic mass is 10.0. The first-order valence-electron chi connectivity index (χ1n) is 5.03. The molecule has 14 heavy (non-hydrogen) atoms. The molecule has 0 saturated heterocycles. The SMILES string of the molecule is CCC(C)c1ccc2nc(C)nn2c1. The molecule has 0 fully saturated rings. The van der Waals surface area contributed by atoms with Crippen molar-refractivity contribution in [1.29, 1.82) is 0 Å². The standard InChI is InChI=1S/C11H15N3/c1-4-8(2)10-5-6-11-12-9(3)13-14(11)7-10/h5-8H,4H2,1-3H3. The largest absolute Gasteiger partial charge is 0.221 e. The number of hydrogen-bond donors (Lipinski definition) is 0. The van der Waals surface area contributed by atoms with Gasteiger partial charge in [-0.25, -0.2) is 9.50 Å². The molecule has 0 aliphatic carbocycles. The van der Waals surface area contributed by atoms with E-state index in [1.165, 1.54) is 5.56 Å². The molecule has 0 bridgehead atoms. The van der Waals surface area contributed by atoms with Crippen LogP contribution in [0.2, 0.25) is 0 Å². The normalized spacial score (nSPS) is 13.4. The van der Waals surface area contributed by atoms with E-state index < -0.39 is 0 Å².